The van der Waals surface area contributed by atoms with Gasteiger partial charge in [0.15, 0.2) is 12.6 Å². The minimum Gasteiger partial charge on any atom is -0.484 e. The van der Waals surface area contributed by atoms with Crippen molar-refractivity contribution in [3.8, 4) is 5.75 Å². The van der Waals surface area contributed by atoms with E-state index < -0.39 is 0 Å². The van der Waals surface area contributed by atoms with E-state index in [-0.39, 0.29) is 36.5 Å². The number of benzene rings is 1. The van der Waals surface area contributed by atoms with Crippen LogP contribution in [0.5, 0.6) is 5.75 Å². The van der Waals surface area contributed by atoms with Crippen molar-refractivity contribution in [3.63, 3.8) is 0 Å². The molecule has 1 aliphatic carbocycles. The van der Waals surface area contributed by atoms with Crippen LogP contribution in [0, 0.1) is 0 Å². The van der Waals surface area contributed by atoms with Crippen LogP contribution in [-0.4, -0.2) is 59.8 Å². The van der Waals surface area contributed by atoms with Crippen molar-refractivity contribution >= 4 is 35.8 Å². The van der Waals surface area contributed by atoms with Gasteiger partial charge < -0.3 is 20.3 Å². The molecule has 0 unspecified atom stereocenters. The van der Waals surface area contributed by atoms with Crippen LogP contribution < -0.4 is 15.4 Å². The van der Waals surface area contributed by atoms with E-state index in [1.807, 2.05) is 43.0 Å². The first-order valence-corrected chi connectivity index (χ1v) is 11.3. The first-order chi connectivity index (χ1) is 15.4. The fourth-order valence-electron chi connectivity index (χ4n) is 3.59. The van der Waals surface area contributed by atoms with Crippen molar-refractivity contribution in [3.05, 3.63) is 47.3 Å². The van der Waals surface area contributed by atoms with Gasteiger partial charge in [-0.15, -0.1) is 24.0 Å². The second-order valence-electron chi connectivity index (χ2n) is 8.72. The topological polar surface area (TPSA) is 83.8 Å². The molecule has 0 aliphatic heterocycles. The summed E-state index contributed by atoms with van der Waals surface area (Å²) in [6.45, 7) is 5.91. The molecule has 0 saturated heterocycles. The Morgan fingerprint density at radius 2 is 2.00 bits per heavy atom. The Bertz CT molecular complexity index is 922. The molecule has 1 heterocycles. The molecule has 0 bridgehead atoms. The number of guanidine groups is 1. The number of carbonyl (C=O) groups is 1. The molecule has 9 heteroatoms. The molecule has 33 heavy (non-hydrogen) atoms. The Morgan fingerprint density at radius 3 is 2.61 bits per heavy atom. The lowest BCUT2D eigenvalue weighted by atomic mass is 10.1. The molecule has 1 aromatic heterocycles. The number of aryl methyl sites for hydroxylation is 1. The maximum atomic E-state index is 11.7. The number of rotatable bonds is 10. The normalized spacial score (nSPS) is 13.5. The lowest BCUT2D eigenvalue weighted by Gasteiger charge is -2.22. The molecule has 8 nitrogen and oxygen atoms in total. The molecule has 1 fully saturated rings. The van der Waals surface area contributed by atoms with E-state index in [2.05, 4.69) is 45.7 Å². The van der Waals surface area contributed by atoms with E-state index in [9.17, 15) is 4.79 Å². The summed E-state index contributed by atoms with van der Waals surface area (Å²) in [5.74, 6) is 1.89. The Morgan fingerprint density at radius 1 is 1.30 bits per heavy atom. The van der Waals surface area contributed by atoms with Gasteiger partial charge in [0.1, 0.15) is 5.75 Å². The van der Waals surface area contributed by atoms with Crippen LogP contribution in [0.1, 0.15) is 49.4 Å². The van der Waals surface area contributed by atoms with Crippen molar-refractivity contribution in [1.82, 2.24) is 25.3 Å². The van der Waals surface area contributed by atoms with E-state index in [0.29, 0.717) is 17.7 Å². The highest BCUT2D eigenvalue weighted by atomic mass is 127. The van der Waals surface area contributed by atoms with E-state index in [4.69, 9.17) is 4.74 Å². The fourth-order valence-corrected chi connectivity index (χ4v) is 3.59. The van der Waals surface area contributed by atoms with Gasteiger partial charge in [-0.1, -0.05) is 26.0 Å². The van der Waals surface area contributed by atoms with Crippen LogP contribution in [-0.2, 0) is 24.8 Å². The molecular weight excluding hydrogens is 531 g/mol. The number of hydrogen-bond donors (Lipinski definition) is 2. The van der Waals surface area contributed by atoms with E-state index >= 15 is 0 Å². The molecule has 1 aliphatic rings. The largest absolute Gasteiger partial charge is 0.484 e. The van der Waals surface area contributed by atoms with Gasteiger partial charge in [-0.2, -0.15) is 5.10 Å². The number of ether oxygens (including phenoxy) is 1. The highest BCUT2D eigenvalue weighted by Gasteiger charge is 2.23. The summed E-state index contributed by atoms with van der Waals surface area (Å²) >= 11 is 0. The summed E-state index contributed by atoms with van der Waals surface area (Å²) in [4.78, 5) is 18.3. The number of amides is 1. The second kappa shape index (κ2) is 12.8. The van der Waals surface area contributed by atoms with Crippen molar-refractivity contribution in [2.45, 2.75) is 51.6 Å². The first kappa shape index (κ1) is 26.9. The predicted octanol–water partition coefficient (Wildman–Crippen LogP) is 3.07. The quantitative estimate of drug-likeness (QED) is 0.262. The standard InChI is InChI=1S/C24H36N6O2.HI/c1-17(2)23-19(15-30(5)28-23)14-29(4)24(25-3)26-13-12-18-6-10-21(11-7-18)32-16-22(31)27-20-8-9-20;/h6-7,10-11,15,17,20H,8-9,12-14,16H2,1-5H3,(H,25,26)(H,27,31);1H. The average Bonchev–Trinajstić information content (AvgIpc) is 3.49. The molecule has 2 N–H and O–H groups in total. The van der Waals surface area contributed by atoms with Gasteiger partial charge in [-0.3, -0.25) is 14.5 Å². The molecule has 0 spiro atoms. The van der Waals surface area contributed by atoms with Gasteiger partial charge in [-0.25, -0.2) is 0 Å². The number of nitrogens with zero attached hydrogens (tertiary/aromatic N) is 4. The lowest BCUT2D eigenvalue weighted by molar-refractivity contribution is -0.123. The van der Waals surface area contributed by atoms with Crippen LogP contribution in [0.15, 0.2) is 35.5 Å². The molecule has 3 rings (SSSR count). The number of aromatic nitrogens is 2. The summed E-state index contributed by atoms with van der Waals surface area (Å²) in [5, 5.41) is 11.0. The van der Waals surface area contributed by atoms with Crippen molar-refractivity contribution < 1.29 is 9.53 Å². The number of aliphatic imine (C=N–C) groups is 1. The van der Waals surface area contributed by atoms with Gasteiger partial charge in [0.2, 0.25) is 0 Å². The summed E-state index contributed by atoms with van der Waals surface area (Å²) in [7, 11) is 5.80. The average molecular weight is 569 g/mol. The van der Waals surface area contributed by atoms with Crippen LogP contribution >= 0.6 is 24.0 Å². The lowest BCUT2D eigenvalue weighted by Crippen LogP contribution is -2.39. The van der Waals surface area contributed by atoms with Crippen molar-refractivity contribution in [1.29, 1.82) is 0 Å². The summed E-state index contributed by atoms with van der Waals surface area (Å²) in [5.41, 5.74) is 3.54. The Labute approximate surface area is 214 Å². The van der Waals surface area contributed by atoms with Crippen LogP contribution in [0.3, 0.4) is 0 Å². The number of halogens is 1. The second-order valence-corrected chi connectivity index (χ2v) is 8.72. The van der Waals surface area contributed by atoms with E-state index in [1.54, 1.807) is 7.05 Å². The molecule has 0 atom stereocenters. The van der Waals surface area contributed by atoms with Crippen LogP contribution in [0.4, 0.5) is 0 Å². The molecule has 0 radical (unpaired) electrons. The first-order valence-electron chi connectivity index (χ1n) is 11.3. The van der Waals surface area contributed by atoms with Gasteiger partial charge in [0, 0.05) is 52.0 Å². The SMILES string of the molecule is CN=C(NCCc1ccc(OCC(=O)NC2CC2)cc1)N(C)Cc1cn(C)nc1C(C)C.I. The molecule has 1 aromatic carbocycles. The zero-order chi connectivity index (χ0) is 23.1. The zero-order valence-corrected chi connectivity index (χ0v) is 22.6. The summed E-state index contributed by atoms with van der Waals surface area (Å²) in [6.07, 6.45) is 5.10. The Kier molecular flexibility index (Phi) is 10.5. The van der Waals surface area contributed by atoms with Gasteiger partial charge in [0.25, 0.3) is 5.91 Å². The maximum Gasteiger partial charge on any atom is 0.258 e. The van der Waals surface area contributed by atoms with Gasteiger partial charge >= 0.3 is 0 Å². The Balaban J connectivity index is 0.00000385. The third kappa shape index (κ3) is 8.53. The molecule has 1 saturated carbocycles. The molecule has 1 amide bonds. The van der Waals surface area contributed by atoms with Crippen molar-refractivity contribution in [2.24, 2.45) is 12.0 Å². The zero-order valence-electron chi connectivity index (χ0n) is 20.3. The third-order valence-corrected chi connectivity index (χ3v) is 5.40. The molecule has 182 valence electrons. The van der Waals surface area contributed by atoms with Gasteiger partial charge in [0.05, 0.1) is 5.69 Å². The van der Waals surface area contributed by atoms with Crippen molar-refractivity contribution in [2.75, 3.05) is 27.2 Å². The van der Waals surface area contributed by atoms with Crippen LogP contribution in [0.25, 0.3) is 0 Å². The Hall–Kier alpha value is -2.30. The van der Waals surface area contributed by atoms with E-state index in [1.165, 1.54) is 11.1 Å². The fraction of sp³-hybridized carbons (Fsp3) is 0.542. The summed E-state index contributed by atoms with van der Waals surface area (Å²) < 4.78 is 7.44. The third-order valence-electron chi connectivity index (χ3n) is 5.40. The van der Waals surface area contributed by atoms with Crippen LogP contribution in [0.2, 0.25) is 0 Å². The monoisotopic (exact) mass is 568 g/mol. The smallest absolute Gasteiger partial charge is 0.258 e. The number of nitrogens with one attached hydrogen (secondary N) is 2. The maximum absolute atomic E-state index is 11.7. The number of hydrogen-bond acceptors (Lipinski definition) is 4. The summed E-state index contributed by atoms with van der Waals surface area (Å²) in [6, 6.07) is 8.26. The molecule has 2 aromatic rings. The van der Waals surface area contributed by atoms with Gasteiger partial charge in [-0.05, 0) is 42.9 Å². The highest BCUT2D eigenvalue weighted by molar-refractivity contribution is 14.0. The minimum atomic E-state index is -0.0527. The predicted molar refractivity (Wildman–Crippen MR) is 142 cm³/mol. The van der Waals surface area contributed by atoms with E-state index in [0.717, 1.165) is 44.0 Å². The minimum absolute atomic E-state index is 0. The number of carbonyl (C=O) groups excluding carboxylic acids is 1. The highest BCUT2D eigenvalue weighted by Crippen LogP contribution is 2.19. The molecular formula is C24H37IN6O2.